The lowest BCUT2D eigenvalue weighted by molar-refractivity contribution is -0.151. The van der Waals surface area contributed by atoms with E-state index in [9.17, 15) is 38.7 Å². The van der Waals surface area contributed by atoms with Gasteiger partial charge in [0.2, 0.25) is 17.6 Å². The number of Topliss-reactive ketones (excluding diaryl/α,β-unsaturated/α-hetero) is 1. The van der Waals surface area contributed by atoms with E-state index in [-0.39, 0.29) is 48.5 Å². The highest BCUT2D eigenvalue weighted by Crippen LogP contribution is 2.65. The van der Waals surface area contributed by atoms with Gasteiger partial charge in [0.25, 0.3) is 17.4 Å². The number of nitrogens with zero attached hydrogens (tertiary/aromatic N) is 3. The number of pyridine rings is 1. The van der Waals surface area contributed by atoms with Crippen LogP contribution < -0.4 is 26.8 Å². The highest BCUT2D eigenvalue weighted by atomic mass is 16.4. The van der Waals surface area contributed by atoms with Crippen LogP contribution in [0.1, 0.15) is 54.6 Å². The van der Waals surface area contributed by atoms with Crippen molar-refractivity contribution in [1.29, 1.82) is 0 Å². The molecule has 5 unspecified atom stereocenters. The molecule has 6 rings (SSSR count). The maximum Gasteiger partial charge on any atom is 0.310 e. The topological polar surface area (TPSA) is 219 Å². The Balaban J connectivity index is 1.27. The molecule has 4 aliphatic rings. The first-order valence-electron chi connectivity index (χ1n) is 14.8. The molecule has 4 amide bonds. The van der Waals surface area contributed by atoms with Gasteiger partial charge in [-0.05, 0) is 68.9 Å². The largest absolute Gasteiger partial charge is 0.481 e. The van der Waals surface area contributed by atoms with Crippen LogP contribution in [-0.4, -0.2) is 74.2 Å². The molecule has 4 aliphatic carbocycles. The van der Waals surface area contributed by atoms with Gasteiger partial charge in [-0.2, -0.15) is 0 Å². The number of likely N-dealkylation sites (N-methyl/N-ethyl adjacent to an activating group) is 1. The molecule has 2 aromatic rings. The van der Waals surface area contributed by atoms with Gasteiger partial charge in [-0.15, -0.1) is 0 Å². The number of nitrogens with one attached hydrogen (secondary N) is 4. The number of carbonyl (C=O) groups is 6. The molecule has 238 valence electrons. The monoisotopic (exact) mass is 621 g/mol. The van der Waals surface area contributed by atoms with Gasteiger partial charge in [0, 0.05) is 31.9 Å². The number of amides is 4. The number of carbonyl (C=O) groups excluding carboxylic acids is 5. The molecule has 0 aliphatic heterocycles. The molecular weight excluding hydrogens is 586 g/mol. The summed E-state index contributed by atoms with van der Waals surface area (Å²) in [7, 11) is 1.29. The van der Waals surface area contributed by atoms with E-state index in [0.717, 1.165) is 17.4 Å². The first kappa shape index (κ1) is 31.5. The maximum atomic E-state index is 13.3. The Labute approximate surface area is 257 Å². The van der Waals surface area contributed by atoms with E-state index in [1.807, 2.05) is 0 Å². The molecule has 5 N–H and O–H groups in total. The lowest BCUT2D eigenvalue weighted by Gasteiger charge is -2.32. The second-order valence-electron chi connectivity index (χ2n) is 12.1. The quantitative estimate of drug-likeness (QED) is 0.196. The minimum atomic E-state index is -1.32. The standard InChI is InChI=1S/C30H35N7O8/c1-15-18(12-32-14-33-15)25(40)34-20(5-6-22(38)27(42)31-2)26(41)35-21-4-3-7-37(28(21)43)13-23(39)36-24-17-8-16-9-19(24)30(10-16,11-17)29(44)45/h3-4,7,12,14,16-17,19-20,24H,5-6,8-11,13H2,1-2H3,(H,31,42)(H,34,40)(H,35,41)(H,36,39)(H,44,45)/t16?,17?,19?,20-,24?,30?/m0/s1. The predicted octanol–water partition coefficient (Wildman–Crippen LogP) is -0.215. The Bertz CT molecular complexity index is 1620. The van der Waals surface area contributed by atoms with Crippen molar-refractivity contribution in [3.8, 4) is 0 Å². The Kier molecular flexibility index (Phi) is 8.80. The Morgan fingerprint density at radius 1 is 1.16 bits per heavy atom. The highest BCUT2D eigenvalue weighted by Gasteiger charge is 2.66. The normalized spacial score (nSPS) is 24.8. The van der Waals surface area contributed by atoms with Crippen molar-refractivity contribution >= 4 is 41.1 Å². The molecule has 6 atom stereocenters. The molecule has 15 heteroatoms. The fourth-order valence-corrected chi connectivity index (χ4v) is 7.38. The van der Waals surface area contributed by atoms with Crippen molar-refractivity contribution in [2.75, 3.05) is 12.4 Å². The van der Waals surface area contributed by atoms with E-state index < -0.39 is 52.4 Å². The minimum absolute atomic E-state index is 0.0820. The molecule has 45 heavy (non-hydrogen) atoms. The van der Waals surface area contributed by atoms with E-state index in [4.69, 9.17) is 0 Å². The molecule has 0 spiro atoms. The number of rotatable bonds is 12. The fourth-order valence-electron chi connectivity index (χ4n) is 7.38. The summed E-state index contributed by atoms with van der Waals surface area (Å²) in [5.74, 6) is -4.11. The number of anilines is 1. The van der Waals surface area contributed by atoms with Gasteiger partial charge in [-0.25, -0.2) is 9.97 Å². The molecule has 2 heterocycles. The zero-order valence-corrected chi connectivity index (χ0v) is 24.9. The van der Waals surface area contributed by atoms with Gasteiger partial charge in [0.05, 0.1) is 16.7 Å². The molecule has 0 aromatic carbocycles. The van der Waals surface area contributed by atoms with E-state index in [1.165, 1.54) is 37.9 Å². The van der Waals surface area contributed by atoms with Crippen molar-refractivity contribution in [2.45, 2.75) is 64.1 Å². The summed E-state index contributed by atoms with van der Waals surface area (Å²) >= 11 is 0. The predicted molar refractivity (Wildman–Crippen MR) is 157 cm³/mol. The van der Waals surface area contributed by atoms with Crippen LogP contribution in [0.25, 0.3) is 0 Å². The number of hydrogen-bond donors (Lipinski definition) is 5. The number of aryl methyl sites for hydroxylation is 1. The van der Waals surface area contributed by atoms with Crippen LogP contribution in [0.4, 0.5) is 5.69 Å². The fraction of sp³-hybridized carbons (Fsp3) is 0.500. The molecule has 4 bridgehead atoms. The lowest BCUT2D eigenvalue weighted by Crippen LogP contribution is -2.47. The van der Waals surface area contributed by atoms with Crippen molar-refractivity contribution in [2.24, 2.45) is 23.2 Å². The van der Waals surface area contributed by atoms with Crippen molar-refractivity contribution < 1.29 is 33.9 Å². The molecule has 0 radical (unpaired) electrons. The number of ketones is 1. The zero-order valence-electron chi connectivity index (χ0n) is 24.9. The average molecular weight is 622 g/mol. The molecular formula is C30H35N7O8. The molecule has 15 nitrogen and oxygen atoms in total. The highest BCUT2D eigenvalue weighted by molar-refractivity contribution is 6.36. The molecule has 0 saturated heterocycles. The second-order valence-corrected chi connectivity index (χ2v) is 12.1. The average Bonchev–Trinajstić information content (AvgIpc) is 3.40. The maximum absolute atomic E-state index is 13.3. The number of hydrogen-bond acceptors (Lipinski definition) is 9. The van der Waals surface area contributed by atoms with E-state index in [1.54, 1.807) is 6.92 Å². The molecule has 2 aromatic heterocycles. The Morgan fingerprint density at radius 2 is 1.93 bits per heavy atom. The van der Waals surface area contributed by atoms with Crippen molar-refractivity contribution in [3.63, 3.8) is 0 Å². The number of carboxylic acid groups (broad SMARTS) is 1. The smallest absolute Gasteiger partial charge is 0.310 e. The van der Waals surface area contributed by atoms with Crippen LogP contribution in [-0.2, 0) is 30.5 Å². The summed E-state index contributed by atoms with van der Waals surface area (Å²) < 4.78 is 1.12. The summed E-state index contributed by atoms with van der Waals surface area (Å²) in [5, 5.41) is 20.1. The molecule has 4 fully saturated rings. The van der Waals surface area contributed by atoms with Crippen molar-refractivity contribution in [3.05, 3.63) is 52.5 Å². The summed E-state index contributed by atoms with van der Waals surface area (Å²) in [5.41, 5.74) is -1.21. The van der Waals surface area contributed by atoms with Crippen LogP contribution in [0.2, 0.25) is 0 Å². The second kappa shape index (κ2) is 12.6. The van der Waals surface area contributed by atoms with Gasteiger partial charge >= 0.3 is 5.97 Å². The van der Waals surface area contributed by atoms with Crippen LogP contribution in [0, 0.1) is 30.1 Å². The summed E-state index contributed by atoms with van der Waals surface area (Å²) in [6.45, 7) is 1.23. The first-order valence-corrected chi connectivity index (χ1v) is 14.8. The Morgan fingerprint density at radius 3 is 2.64 bits per heavy atom. The number of aliphatic carboxylic acids is 1. The minimum Gasteiger partial charge on any atom is -0.481 e. The summed E-state index contributed by atoms with van der Waals surface area (Å²) in [6, 6.07) is 1.21. The van der Waals surface area contributed by atoms with E-state index in [2.05, 4.69) is 31.2 Å². The van der Waals surface area contributed by atoms with Gasteiger partial charge in [0.15, 0.2) is 0 Å². The number of carboxylic acids is 1. The van der Waals surface area contributed by atoms with Gasteiger partial charge < -0.3 is 30.9 Å². The van der Waals surface area contributed by atoms with Crippen LogP contribution >= 0.6 is 0 Å². The van der Waals surface area contributed by atoms with Crippen molar-refractivity contribution in [1.82, 2.24) is 30.5 Å². The third kappa shape index (κ3) is 6.19. The zero-order chi connectivity index (χ0) is 32.5. The van der Waals surface area contributed by atoms with Gasteiger partial charge in [-0.3, -0.25) is 33.6 Å². The summed E-state index contributed by atoms with van der Waals surface area (Å²) in [4.78, 5) is 96.3. The van der Waals surface area contributed by atoms with E-state index >= 15 is 0 Å². The summed E-state index contributed by atoms with van der Waals surface area (Å²) in [6.07, 6.45) is 6.12. The number of aromatic nitrogens is 3. The van der Waals surface area contributed by atoms with Crippen LogP contribution in [0.5, 0.6) is 0 Å². The van der Waals surface area contributed by atoms with Gasteiger partial charge in [-0.1, -0.05) is 0 Å². The van der Waals surface area contributed by atoms with Crippen LogP contribution in [0.15, 0.2) is 35.6 Å². The van der Waals surface area contributed by atoms with Gasteiger partial charge in [0.1, 0.15) is 24.6 Å². The third-order valence-corrected chi connectivity index (χ3v) is 9.42. The first-order chi connectivity index (χ1) is 21.4. The third-order valence-electron chi connectivity index (χ3n) is 9.42. The molecule has 4 saturated carbocycles. The lowest BCUT2D eigenvalue weighted by atomic mass is 9.75. The SMILES string of the molecule is CNC(=O)C(=O)CC[C@H](NC(=O)c1cncnc1C)C(=O)Nc1cccn(CC(=O)NC2C3CC4CC2C(C(=O)O)(C4)C3)c1=O. The Hall–Kier alpha value is -4.95. The van der Waals surface area contributed by atoms with E-state index in [0.29, 0.717) is 24.5 Å². The van der Waals surface area contributed by atoms with Crippen LogP contribution in [0.3, 0.4) is 0 Å².